The van der Waals surface area contributed by atoms with Crippen molar-refractivity contribution in [3.63, 3.8) is 0 Å². The summed E-state index contributed by atoms with van der Waals surface area (Å²) in [5.74, 6) is -2.28. The SMILES string of the molecule is O=C(COC(=O)Cc1cccc(F)c1)Nc1ccc(F)cc1Cl. The summed E-state index contributed by atoms with van der Waals surface area (Å²) in [6, 6.07) is 8.99. The van der Waals surface area contributed by atoms with Crippen LogP contribution in [0, 0.1) is 11.6 Å². The first-order valence-electron chi connectivity index (χ1n) is 6.59. The van der Waals surface area contributed by atoms with Gasteiger partial charge >= 0.3 is 5.97 Å². The minimum absolute atomic E-state index is 0.0319. The fourth-order valence-electron chi connectivity index (χ4n) is 1.79. The molecule has 23 heavy (non-hydrogen) atoms. The average molecular weight is 340 g/mol. The smallest absolute Gasteiger partial charge is 0.310 e. The van der Waals surface area contributed by atoms with Crippen LogP contribution in [0.5, 0.6) is 0 Å². The molecule has 120 valence electrons. The maximum absolute atomic E-state index is 13.0. The lowest BCUT2D eigenvalue weighted by Gasteiger charge is -2.08. The summed E-state index contributed by atoms with van der Waals surface area (Å²) in [5.41, 5.74) is 0.649. The van der Waals surface area contributed by atoms with E-state index in [-0.39, 0.29) is 17.1 Å². The molecule has 2 aromatic carbocycles. The first-order valence-corrected chi connectivity index (χ1v) is 6.97. The van der Waals surface area contributed by atoms with Crippen molar-refractivity contribution in [3.05, 3.63) is 64.7 Å². The van der Waals surface area contributed by atoms with Crippen molar-refractivity contribution in [2.24, 2.45) is 0 Å². The third-order valence-corrected chi connectivity index (χ3v) is 3.12. The normalized spacial score (nSPS) is 10.2. The van der Waals surface area contributed by atoms with Crippen molar-refractivity contribution in [1.29, 1.82) is 0 Å². The summed E-state index contributed by atoms with van der Waals surface area (Å²) >= 11 is 5.76. The standard InChI is InChI=1S/C16H12ClF2NO3/c17-13-8-12(19)4-5-14(13)20-15(21)9-23-16(22)7-10-2-1-3-11(18)6-10/h1-6,8H,7,9H2,(H,20,21). The zero-order valence-corrected chi connectivity index (χ0v) is 12.6. The first-order chi connectivity index (χ1) is 10.9. The minimum Gasteiger partial charge on any atom is -0.455 e. The molecule has 0 radical (unpaired) electrons. The van der Waals surface area contributed by atoms with E-state index >= 15 is 0 Å². The molecule has 0 fully saturated rings. The number of nitrogens with one attached hydrogen (secondary N) is 1. The van der Waals surface area contributed by atoms with Crippen LogP contribution in [0.25, 0.3) is 0 Å². The first kappa shape index (κ1) is 16.9. The molecule has 0 saturated carbocycles. The van der Waals surface area contributed by atoms with Crippen molar-refractivity contribution in [2.75, 3.05) is 11.9 Å². The predicted octanol–water partition coefficient (Wildman–Crippen LogP) is 3.34. The van der Waals surface area contributed by atoms with Crippen LogP contribution in [0.2, 0.25) is 5.02 Å². The molecule has 0 aliphatic carbocycles. The fraction of sp³-hybridized carbons (Fsp3) is 0.125. The molecule has 0 aliphatic rings. The van der Waals surface area contributed by atoms with Crippen LogP contribution < -0.4 is 5.32 Å². The van der Waals surface area contributed by atoms with Crippen LogP contribution in [0.4, 0.5) is 14.5 Å². The van der Waals surface area contributed by atoms with E-state index in [1.165, 1.54) is 24.3 Å². The number of hydrogen-bond donors (Lipinski definition) is 1. The summed E-state index contributed by atoms with van der Waals surface area (Å²) in [6.07, 6.45) is -0.150. The summed E-state index contributed by atoms with van der Waals surface area (Å²) in [4.78, 5) is 23.3. The molecule has 1 amide bonds. The lowest BCUT2D eigenvalue weighted by molar-refractivity contribution is -0.146. The van der Waals surface area contributed by atoms with Gasteiger partial charge in [-0.3, -0.25) is 9.59 Å². The van der Waals surface area contributed by atoms with E-state index in [1.54, 1.807) is 6.07 Å². The molecule has 0 atom stereocenters. The predicted molar refractivity (Wildman–Crippen MR) is 81.1 cm³/mol. The lowest BCUT2D eigenvalue weighted by atomic mass is 10.1. The molecule has 0 bridgehead atoms. The number of halogens is 3. The Kier molecular flexibility index (Phi) is 5.65. The van der Waals surface area contributed by atoms with E-state index in [4.69, 9.17) is 16.3 Å². The van der Waals surface area contributed by atoms with E-state index < -0.39 is 30.1 Å². The fourth-order valence-corrected chi connectivity index (χ4v) is 2.00. The van der Waals surface area contributed by atoms with Crippen LogP contribution in [0.1, 0.15) is 5.56 Å². The Hall–Kier alpha value is -2.47. The summed E-state index contributed by atoms with van der Waals surface area (Å²) in [7, 11) is 0. The zero-order valence-electron chi connectivity index (χ0n) is 11.8. The molecule has 0 unspecified atom stereocenters. The van der Waals surface area contributed by atoms with Crippen molar-refractivity contribution >= 4 is 29.2 Å². The molecule has 0 aliphatic heterocycles. The van der Waals surface area contributed by atoms with Gasteiger partial charge in [-0.25, -0.2) is 8.78 Å². The largest absolute Gasteiger partial charge is 0.455 e. The van der Waals surface area contributed by atoms with Gasteiger partial charge in [0.1, 0.15) is 11.6 Å². The van der Waals surface area contributed by atoms with Crippen LogP contribution in [0.15, 0.2) is 42.5 Å². The van der Waals surface area contributed by atoms with Gasteiger partial charge in [-0.1, -0.05) is 23.7 Å². The van der Waals surface area contributed by atoms with Crippen LogP contribution in [0.3, 0.4) is 0 Å². The molecule has 0 heterocycles. The number of carbonyl (C=O) groups excluding carboxylic acids is 2. The third kappa shape index (κ3) is 5.34. The summed E-state index contributed by atoms with van der Waals surface area (Å²) in [5, 5.41) is 2.42. The molecule has 2 aromatic rings. The number of esters is 1. The van der Waals surface area contributed by atoms with Gasteiger partial charge in [-0.15, -0.1) is 0 Å². The number of amides is 1. The number of anilines is 1. The van der Waals surface area contributed by atoms with E-state index in [2.05, 4.69) is 5.32 Å². The second kappa shape index (κ2) is 7.69. The van der Waals surface area contributed by atoms with Gasteiger partial charge in [0.25, 0.3) is 5.91 Å². The van der Waals surface area contributed by atoms with Crippen LogP contribution in [-0.2, 0) is 20.7 Å². The summed E-state index contributed by atoms with van der Waals surface area (Å²) < 4.78 is 30.7. The number of hydrogen-bond acceptors (Lipinski definition) is 3. The highest BCUT2D eigenvalue weighted by molar-refractivity contribution is 6.33. The molecule has 1 N–H and O–H groups in total. The van der Waals surface area contributed by atoms with Gasteiger partial charge in [0.15, 0.2) is 6.61 Å². The van der Waals surface area contributed by atoms with Gasteiger partial charge in [0, 0.05) is 0 Å². The number of ether oxygens (including phenoxy) is 1. The average Bonchev–Trinajstić information content (AvgIpc) is 2.48. The third-order valence-electron chi connectivity index (χ3n) is 2.81. The maximum atomic E-state index is 13.0. The Bertz CT molecular complexity index is 737. The van der Waals surface area contributed by atoms with E-state index in [1.807, 2.05) is 0 Å². The number of rotatable bonds is 5. The zero-order chi connectivity index (χ0) is 16.8. The molecular formula is C16H12ClF2NO3. The van der Waals surface area contributed by atoms with Crippen LogP contribution >= 0.6 is 11.6 Å². The Morgan fingerprint density at radius 3 is 2.52 bits per heavy atom. The monoisotopic (exact) mass is 339 g/mol. The Morgan fingerprint density at radius 1 is 1.09 bits per heavy atom. The van der Waals surface area contributed by atoms with Gasteiger partial charge in [0.05, 0.1) is 17.1 Å². The van der Waals surface area contributed by atoms with Crippen LogP contribution in [-0.4, -0.2) is 18.5 Å². The molecule has 7 heteroatoms. The number of benzene rings is 2. The van der Waals surface area contributed by atoms with Crippen molar-refractivity contribution in [3.8, 4) is 0 Å². The lowest BCUT2D eigenvalue weighted by Crippen LogP contribution is -2.21. The van der Waals surface area contributed by atoms with Crippen molar-refractivity contribution in [1.82, 2.24) is 0 Å². The highest BCUT2D eigenvalue weighted by Gasteiger charge is 2.11. The molecule has 2 rings (SSSR count). The minimum atomic E-state index is -0.670. The Labute approximate surface area is 136 Å². The molecule has 0 spiro atoms. The van der Waals surface area contributed by atoms with E-state index in [9.17, 15) is 18.4 Å². The molecule has 0 saturated heterocycles. The molecule has 4 nitrogen and oxygen atoms in total. The van der Waals surface area contributed by atoms with E-state index in [0.717, 1.165) is 12.1 Å². The Balaban J connectivity index is 1.83. The summed E-state index contributed by atoms with van der Waals surface area (Å²) in [6.45, 7) is -0.526. The second-order valence-corrected chi connectivity index (χ2v) is 5.05. The van der Waals surface area contributed by atoms with E-state index in [0.29, 0.717) is 5.56 Å². The second-order valence-electron chi connectivity index (χ2n) is 4.64. The topological polar surface area (TPSA) is 55.4 Å². The van der Waals surface area contributed by atoms with Gasteiger partial charge < -0.3 is 10.1 Å². The quantitative estimate of drug-likeness (QED) is 0.850. The van der Waals surface area contributed by atoms with Crippen molar-refractivity contribution < 1.29 is 23.1 Å². The van der Waals surface area contributed by atoms with Gasteiger partial charge in [0.2, 0.25) is 0 Å². The van der Waals surface area contributed by atoms with Gasteiger partial charge in [-0.2, -0.15) is 0 Å². The number of carbonyl (C=O) groups is 2. The molecular weight excluding hydrogens is 328 g/mol. The van der Waals surface area contributed by atoms with Gasteiger partial charge in [-0.05, 0) is 35.9 Å². The highest BCUT2D eigenvalue weighted by atomic mass is 35.5. The van der Waals surface area contributed by atoms with Crippen molar-refractivity contribution in [2.45, 2.75) is 6.42 Å². The Morgan fingerprint density at radius 2 is 1.83 bits per heavy atom. The maximum Gasteiger partial charge on any atom is 0.310 e. The molecule has 0 aromatic heterocycles. The highest BCUT2D eigenvalue weighted by Crippen LogP contribution is 2.22.